The lowest BCUT2D eigenvalue weighted by molar-refractivity contribution is 0.0734. The quantitative estimate of drug-likeness (QED) is 0.606. The van der Waals surface area contributed by atoms with Crippen molar-refractivity contribution in [1.29, 1.82) is 0 Å². The number of esters is 1. The Morgan fingerprint density at radius 2 is 1.57 bits per heavy atom. The summed E-state index contributed by atoms with van der Waals surface area (Å²) in [5.41, 5.74) is 2.65. The van der Waals surface area contributed by atoms with Gasteiger partial charge in [0.25, 0.3) is 0 Å². The van der Waals surface area contributed by atoms with Gasteiger partial charge in [0.05, 0.1) is 12.2 Å². The second-order valence-corrected chi connectivity index (χ2v) is 5.09. The fourth-order valence-corrected chi connectivity index (χ4v) is 2.06. The zero-order valence-electron chi connectivity index (χ0n) is 12.7. The lowest BCUT2D eigenvalue weighted by atomic mass is 10.1. The summed E-state index contributed by atoms with van der Waals surface area (Å²) in [6.45, 7) is 6.68. The van der Waals surface area contributed by atoms with E-state index in [4.69, 9.17) is 9.47 Å². The summed E-state index contributed by atoms with van der Waals surface area (Å²) in [7, 11) is 0. The molecule has 2 aromatic rings. The molecule has 0 radical (unpaired) electrons. The van der Waals surface area contributed by atoms with Gasteiger partial charge in [-0.05, 0) is 67.8 Å². The van der Waals surface area contributed by atoms with Gasteiger partial charge in [-0.3, -0.25) is 0 Å². The highest BCUT2D eigenvalue weighted by Crippen LogP contribution is 2.19. The molecule has 0 saturated carbocycles. The van der Waals surface area contributed by atoms with Crippen molar-refractivity contribution in [1.82, 2.24) is 0 Å². The van der Waals surface area contributed by atoms with Gasteiger partial charge in [0, 0.05) is 0 Å². The van der Waals surface area contributed by atoms with E-state index in [-0.39, 0.29) is 5.97 Å². The molecule has 0 aromatic heterocycles. The third-order valence-electron chi connectivity index (χ3n) is 2.97. The number of aryl methyl sites for hydroxylation is 2. The average Bonchev–Trinajstić information content (AvgIpc) is 2.44. The Labute approximate surface area is 125 Å². The number of benzene rings is 2. The maximum absolute atomic E-state index is 12.1. The van der Waals surface area contributed by atoms with Gasteiger partial charge < -0.3 is 9.47 Å². The summed E-state index contributed by atoms with van der Waals surface area (Å²) in [6.07, 6.45) is 0.955. The van der Waals surface area contributed by atoms with E-state index in [9.17, 15) is 4.79 Å². The van der Waals surface area contributed by atoms with Crippen LogP contribution in [-0.4, -0.2) is 12.6 Å². The first kappa shape index (κ1) is 15.1. The molecule has 2 aromatic carbocycles. The summed E-state index contributed by atoms with van der Waals surface area (Å²) < 4.78 is 10.9. The molecule has 21 heavy (non-hydrogen) atoms. The number of rotatable bonds is 5. The van der Waals surface area contributed by atoms with Crippen LogP contribution in [0.3, 0.4) is 0 Å². The molecular weight excluding hydrogens is 264 g/mol. The Bertz CT molecular complexity index is 595. The largest absolute Gasteiger partial charge is 0.494 e. The minimum atomic E-state index is -0.359. The molecule has 0 spiro atoms. The van der Waals surface area contributed by atoms with Crippen LogP contribution in [0, 0.1) is 13.8 Å². The van der Waals surface area contributed by atoms with Crippen LogP contribution in [0.4, 0.5) is 0 Å². The van der Waals surface area contributed by atoms with Gasteiger partial charge in [0.2, 0.25) is 0 Å². The third kappa shape index (κ3) is 4.35. The van der Waals surface area contributed by atoms with Gasteiger partial charge in [-0.25, -0.2) is 4.79 Å². The fraction of sp³-hybridized carbons (Fsp3) is 0.278. The van der Waals surface area contributed by atoms with Crippen LogP contribution in [0.25, 0.3) is 0 Å². The predicted molar refractivity (Wildman–Crippen MR) is 83.1 cm³/mol. The van der Waals surface area contributed by atoms with Crippen molar-refractivity contribution in [3.05, 3.63) is 59.2 Å². The van der Waals surface area contributed by atoms with E-state index < -0.39 is 0 Å². The lowest BCUT2D eigenvalue weighted by Crippen LogP contribution is -2.08. The smallest absolute Gasteiger partial charge is 0.343 e. The van der Waals surface area contributed by atoms with Crippen LogP contribution < -0.4 is 9.47 Å². The Kier molecular flexibility index (Phi) is 4.99. The van der Waals surface area contributed by atoms with E-state index >= 15 is 0 Å². The summed E-state index contributed by atoms with van der Waals surface area (Å²) in [5, 5.41) is 0. The molecule has 2 rings (SSSR count). The van der Waals surface area contributed by atoms with Gasteiger partial charge in [0.1, 0.15) is 11.5 Å². The first-order valence-electron chi connectivity index (χ1n) is 7.12. The van der Waals surface area contributed by atoms with Gasteiger partial charge in [0.15, 0.2) is 0 Å². The van der Waals surface area contributed by atoms with Crippen molar-refractivity contribution in [2.45, 2.75) is 27.2 Å². The molecule has 0 fully saturated rings. The molecule has 0 amide bonds. The Balaban J connectivity index is 2.06. The highest BCUT2D eigenvalue weighted by Gasteiger charge is 2.09. The number of carbonyl (C=O) groups is 1. The van der Waals surface area contributed by atoms with Crippen molar-refractivity contribution >= 4 is 5.97 Å². The highest BCUT2D eigenvalue weighted by molar-refractivity contribution is 5.91. The van der Waals surface area contributed by atoms with Crippen molar-refractivity contribution in [3.8, 4) is 11.5 Å². The highest BCUT2D eigenvalue weighted by atomic mass is 16.5. The Hall–Kier alpha value is -2.29. The second kappa shape index (κ2) is 6.93. The Morgan fingerprint density at radius 3 is 2.14 bits per heavy atom. The zero-order chi connectivity index (χ0) is 15.2. The van der Waals surface area contributed by atoms with Crippen LogP contribution in [-0.2, 0) is 0 Å². The van der Waals surface area contributed by atoms with Crippen LogP contribution in [0.5, 0.6) is 11.5 Å². The van der Waals surface area contributed by atoms with Crippen molar-refractivity contribution in [2.75, 3.05) is 6.61 Å². The minimum Gasteiger partial charge on any atom is -0.494 e. The molecule has 0 atom stereocenters. The van der Waals surface area contributed by atoms with E-state index in [1.54, 1.807) is 24.3 Å². The maximum atomic E-state index is 12.1. The maximum Gasteiger partial charge on any atom is 0.343 e. The molecule has 3 nitrogen and oxygen atoms in total. The van der Waals surface area contributed by atoms with Crippen LogP contribution in [0.15, 0.2) is 42.5 Å². The SMILES string of the molecule is CCCOc1ccc(C(=O)Oc2cc(C)cc(C)c2)cc1. The number of hydrogen-bond acceptors (Lipinski definition) is 3. The Morgan fingerprint density at radius 1 is 0.952 bits per heavy atom. The molecular formula is C18H20O3. The zero-order valence-corrected chi connectivity index (χ0v) is 12.7. The molecule has 0 saturated heterocycles. The van der Waals surface area contributed by atoms with E-state index in [2.05, 4.69) is 6.92 Å². The molecule has 0 heterocycles. The summed E-state index contributed by atoms with van der Waals surface area (Å²) in [4.78, 5) is 12.1. The first-order chi connectivity index (χ1) is 10.1. The summed E-state index contributed by atoms with van der Waals surface area (Å²) >= 11 is 0. The van der Waals surface area contributed by atoms with Gasteiger partial charge >= 0.3 is 5.97 Å². The van der Waals surface area contributed by atoms with E-state index in [1.165, 1.54) is 0 Å². The van der Waals surface area contributed by atoms with Crippen molar-refractivity contribution in [3.63, 3.8) is 0 Å². The summed E-state index contributed by atoms with van der Waals surface area (Å²) in [6, 6.07) is 12.7. The molecule has 0 aliphatic rings. The first-order valence-corrected chi connectivity index (χ1v) is 7.12. The van der Waals surface area contributed by atoms with Crippen molar-refractivity contribution in [2.24, 2.45) is 0 Å². The van der Waals surface area contributed by atoms with Crippen LogP contribution in [0.1, 0.15) is 34.8 Å². The predicted octanol–water partition coefficient (Wildman–Crippen LogP) is 4.31. The average molecular weight is 284 g/mol. The van der Waals surface area contributed by atoms with E-state index in [0.717, 1.165) is 23.3 Å². The van der Waals surface area contributed by atoms with Gasteiger partial charge in [-0.1, -0.05) is 13.0 Å². The molecule has 110 valence electrons. The third-order valence-corrected chi connectivity index (χ3v) is 2.97. The minimum absolute atomic E-state index is 0.359. The van der Waals surface area contributed by atoms with Crippen LogP contribution >= 0.6 is 0 Å². The normalized spacial score (nSPS) is 10.2. The number of carbonyl (C=O) groups excluding carboxylic acids is 1. The molecule has 0 aliphatic carbocycles. The molecule has 0 N–H and O–H groups in total. The lowest BCUT2D eigenvalue weighted by Gasteiger charge is -2.08. The van der Waals surface area contributed by atoms with Crippen LogP contribution in [0.2, 0.25) is 0 Å². The standard InChI is InChI=1S/C18H20O3/c1-4-9-20-16-7-5-15(6-8-16)18(19)21-17-11-13(2)10-14(3)12-17/h5-8,10-12H,4,9H2,1-3H3. The van der Waals surface area contributed by atoms with E-state index in [1.807, 2.05) is 32.0 Å². The summed E-state index contributed by atoms with van der Waals surface area (Å²) in [5.74, 6) is 0.977. The molecule has 0 bridgehead atoms. The topological polar surface area (TPSA) is 35.5 Å². The van der Waals surface area contributed by atoms with Gasteiger partial charge in [-0.15, -0.1) is 0 Å². The molecule has 0 aliphatic heterocycles. The molecule has 0 unspecified atom stereocenters. The monoisotopic (exact) mass is 284 g/mol. The fourth-order valence-electron chi connectivity index (χ4n) is 2.06. The number of hydrogen-bond donors (Lipinski definition) is 0. The van der Waals surface area contributed by atoms with E-state index in [0.29, 0.717) is 17.9 Å². The van der Waals surface area contributed by atoms with Crippen molar-refractivity contribution < 1.29 is 14.3 Å². The van der Waals surface area contributed by atoms with Gasteiger partial charge in [-0.2, -0.15) is 0 Å². The second-order valence-electron chi connectivity index (χ2n) is 5.09. The number of ether oxygens (including phenoxy) is 2. The molecule has 3 heteroatoms.